The summed E-state index contributed by atoms with van der Waals surface area (Å²) in [5.41, 5.74) is 2.64. The maximum Gasteiger partial charge on any atom is 0.234 e. The molecule has 0 saturated carbocycles. The Morgan fingerprint density at radius 2 is 1.52 bits per heavy atom. The second kappa shape index (κ2) is 8.93. The van der Waals surface area contributed by atoms with Crippen LogP contribution in [0.25, 0.3) is 0 Å². The summed E-state index contributed by atoms with van der Waals surface area (Å²) in [6.45, 7) is 1.97. The summed E-state index contributed by atoms with van der Waals surface area (Å²) in [5.74, 6) is 0.267. The number of hydrogen-bond acceptors (Lipinski definition) is 3. The number of rotatable bonds is 6. The summed E-state index contributed by atoms with van der Waals surface area (Å²) >= 11 is 3.48. The molecule has 23 heavy (non-hydrogen) atoms. The molecule has 0 saturated heterocycles. The molecular weight excluding hydrogens is 423 g/mol. The van der Waals surface area contributed by atoms with Gasteiger partial charge in [0.05, 0.1) is 11.5 Å². The summed E-state index contributed by atoms with van der Waals surface area (Å²) in [5, 5.41) is 5.64. The van der Waals surface area contributed by atoms with Gasteiger partial charge in [0.1, 0.15) is 0 Å². The van der Waals surface area contributed by atoms with E-state index in [1.54, 1.807) is 0 Å². The first-order chi connectivity index (χ1) is 11.0. The minimum absolute atomic E-state index is 0.109. The van der Waals surface area contributed by atoms with Gasteiger partial charge in [-0.1, -0.05) is 18.2 Å². The fourth-order valence-corrected chi connectivity index (χ4v) is 3.08. The number of benzene rings is 2. The van der Waals surface area contributed by atoms with Gasteiger partial charge in [0.2, 0.25) is 11.8 Å². The van der Waals surface area contributed by atoms with Crippen LogP contribution in [0.4, 0.5) is 11.4 Å². The van der Waals surface area contributed by atoms with E-state index in [2.05, 4.69) is 33.2 Å². The van der Waals surface area contributed by atoms with Crippen molar-refractivity contribution < 1.29 is 9.59 Å². The maximum atomic E-state index is 11.8. The number of carbonyl (C=O) groups is 2. The van der Waals surface area contributed by atoms with Crippen molar-refractivity contribution in [2.75, 3.05) is 22.1 Å². The Morgan fingerprint density at radius 3 is 2.09 bits per heavy atom. The van der Waals surface area contributed by atoms with Crippen LogP contribution in [0.1, 0.15) is 5.56 Å². The van der Waals surface area contributed by atoms with Crippen LogP contribution in [0, 0.1) is 10.5 Å². The molecule has 0 spiro atoms. The van der Waals surface area contributed by atoms with Gasteiger partial charge >= 0.3 is 0 Å². The fraction of sp³-hybridized carbons (Fsp3) is 0.176. The number of hydrogen-bond donors (Lipinski definition) is 2. The third-order valence-corrected chi connectivity index (χ3v) is 4.48. The number of thioether (sulfide) groups is 1. The standard InChI is InChI=1S/C17H17IN2O2S/c1-12-4-2-6-14(8-12)19-16(21)10-23-11-17(22)20-15-7-3-5-13(18)9-15/h2-9H,10-11H2,1H3,(H,19,21)(H,20,22). The highest BCUT2D eigenvalue weighted by Crippen LogP contribution is 2.13. The Morgan fingerprint density at radius 1 is 0.957 bits per heavy atom. The first kappa shape index (κ1) is 17.8. The molecule has 0 aromatic heterocycles. The molecule has 0 atom stereocenters. The highest BCUT2D eigenvalue weighted by atomic mass is 127. The normalized spacial score (nSPS) is 10.2. The molecule has 2 aromatic carbocycles. The zero-order valence-corrected chi connectivity index (χ0v) is 15.6. The third kappa shape index (κ3) is 6.62. The van der Waals surface area contributed by atoms with E-state index in [9.17, 15) is 9.59 Å². The van der Waals surface area contributed by atoms with Gasteiger partial charge < -0.3 is 10.6 Å². The monoisotopic (exact) mass is 440 g/mol. The SMILES string of the molecule is Cc1cccc(NC(=O)CSCC(=O)Nc2cccc(I)c2)c1. The van der Waals surface area contributed by atoms with E-state index in [1.807, 2.05) is 55.5 Å². The van der Waals surface area contributed by atoms with Crippen LogP contribution in [-0.4, -0.2) is 23.3 Å². The van der Waals surface area contributed by atoms with Crippen LogP contribution in [0.5, 0.6) is 0 Å². The second-order valence-electron chi connectivity index (χ2n) is 4.97. The zero-order chi connectivity index (χ0) is 16.7. The molecule has 2 amide bonds. The lowest BCUT2D eigenvalue weighted by molar-refractivity contribution is -0.114. The molecule has 4 nitrogen and oxygen atoms in total. The first-order valence-corrected chi connectivity index (χ1v) is 9.26. The maximum absolute atomic E-state index is 11.8. The number of anilines is 2. The molecule has 0 heterocycles. The Kier molecular flexibility index (Phi) is 6.91. The Labute approximate surface area is 153 Å². The van der Waals surface area contributed by atoms with Gasteiger partial charge in [0.25, 0.3) is 0 Å². The van der Waals surface area contributed by atoms with Crippen molar-refractivity contribution >= 4 is 57.5 Å². The van der Waals surface area contributed by atoms with Gasteiger partial charge in [-0.25, -0.2) is 0 Å². The lowest BCUT2D eigenvalue weighted by Crippen LogP contribution is -2.18. The first-order valence-electron chi connectivity index (χ1n) is 7.02. The average molecular weight is 440 g/mol. The van der Waals surface area contributed by atoms with E-state index in [4.69, 9.17) is 0 Å². The van der Waals surface area contributed by atoms with E-state index in [0.717, 1.165) is 20.5 Å². The summed E-state index contributed by atoms with van der Waals surface area (Å²) < 4.78 is 1.06. The van der Waals surface area contributed by atoms with Crippen LogP contribution in [0.3, 0.4) is 0 Å². The fourth-order valence-electron chi connectivity index (χ4n) is 1.92. The molecule has 2 aromatic rings. The van der Waals surface area contributed by atoms with E-state index in [0.29, 0.717) is 0 Å². The van der Waals surface area contributed by atoms with Crippen molar-refractivity contribution in [3.8, 4) is 0 Å². The van der Waals surface area contributed by atoms with E-state index in [-0.39, 0.29) is 23.3 Å². The van der Waals surface area contributed by atoms with Crippen LogP contribution in [-0.2, 0) is 9.59 Å². The quantitative estimate of drug-likeness (QED) is 0.670. The molecule has 0 aliphatic heterocycles. The number of amides is 2. The number of aryl methyl sites for hydroxylation is 1. The Bertz CT molecular complexity index is 647. The molecule has 0 aliphatic carbocycles. The lowest BCUT2D eigenvalue weighted by atomic mass is 10.2. The molecule has 6 heteroatoms. The largest absolute Gasteiger partial charge is 0.325 e. The summed E-state index contributed by atoms with van der Waals surface area (Å²) in [6.07, 6.45) is 0. The van der Waals surface area contributed by atoms with Crippen molar-refractivity contribution in [2.45, 2.75) is 6.92 Å². The Balaban J connectivity index is 1.71. The number of carbonyl (C=O) groups excluding carboxylic acids is 2. The predicted molar refractivity (Wildman–Crippen MR) is 105 cm³/mol. The predicted octanol–water partition coefficient (Wildman–Crippen LogP) is 3.91. The topological polar surface area (TPSA) is 58.2 Å². The minimum Gasteiger partial charge on any atom is -0.325 e. The molecule has 0 radical (unpaired) electrons. The minimum atomic E-state index is -0.111. The smallest absolute Gasteiger partial charge is 0.234 e. The highest BCUT2D eigenvalue weighted by molar-refractivity contribution is 14.1. The Hall–Kier alpha value is -1.54. The number of nitrogens with one attached hydrogen (secondary N) is 2. The molecule has 0 unspecified atom stereocenters. The lowest BCUT2D eigenvalue weighted by Gasteiger charge is -2.07. The molecule has 120 valence electrons. The van der Waals surface area contributed by atoms with Crippen molar-refractivity contribution in [1.82, 2.24) is 0 Å². The molecule has 0 bridgehead atoms. The third-order valence-electron chi connectivity index (χ3n) is 2.88. The average Bonchev–Trinajstić information content (AvgIpc) is 2.47. The summed E-state index contributed by atoms with van der Waals surface area (Å²) in [7, 11) is 0. The van der Waals surface area contributed by atoms with Crippen LogP contribution >= 0.6 is 34.4 Å². The van der Waals surface area contributed by atoms with Gasteiger partial charge in [-0.2, -0.15) is 0 Å². The van der Waals surface area contributed by atoms with Crippen LogP contribution < -0.4 is 10.6 Å². The van der Waals surface area contributed by atoms with Crippen molar-refractivity contribution in [2.24, 2.45) is 0 Å². The zero-order valence-electron chi connectivity index (χ0n) is 12.6. The van der Waals surface area contributed by atoms with Crippen molar-refractivity contribution in [3.05, 3.63) is 57.7 Å². The molecular formula is C17H17IN2O2S. The van der Waals surface area contributed by atoms with Gasteiger partial charge in [-0.3, -0.25) is 9.59 Å². The van der Waals surface area contributed by atoms with Gasteiger partial charge in [0.15, 0.2) is 0 Å². The van der Waals surface area contributed by atoms with Gasteiger partial charge in [0, 0.05) is 14.9 Å². The van der Waals surface area contributed by atoms with Crippen LogP contribution in [0.15, 0.2) is 48.5 Å². The van der Waals surface area contributed by atoms with E-state index >= 15 is 0 Å². The van der Waals surface area contributed by atoms with Crippen LogP contribution in [0.2, 0.25) is 0 Å². The van der Waals surface area contributed by atoms with Gasteiger partial charge in [-0.15, -0.1) is 11.8 Å². The number of halogens is 1. The molecule has 0 aliphatic rings. The highest BCUT2D eigenvalue weighted by Gasteiger charge is 2.07. The molecule has 2 N–H and O–H groups in total. The summed E-state index contributed by atoms with van der Waals surface area (Å²) in [6, 6.07) is 15.2. The second-order valence-corrected chi connectivity index (χ2v) is 7.20. The van der Waals surface area contributed by atoms with Crippen molar-refractivity contribution in [3.63, 3.8) is 0 Å². The molecule has 0 fully saturated rings. The van der Waals surface area contributed by atoms with Gasteiger partial charge in [-0.05, 0) is 65.4 Å². The summed E-state index contributed by atoms with van der Waals surface area (Å²) in [4.78, 5) is 23.7. The van der Waals surface area contributed by atoms with E-state index < -0.39 is 0 Å². The van der Waals surface area contributed by atoms with E-state index in [1.165, 1.54) is 11.8 Å². The van der Waals surface area contributed by atoms with Crippen molar-refractivity contribution in [1.29, 1.82) is 0 Å². The molecule has 2 rings (SSSR count).